The van der Waals surface area contributed by atoms with Crippen molar-refractivity contribution in [3.63, 3.8) is 0 Å². The highest BCUT2D eigenvalue weighted by atomic mass is 35.5. The van der Waals surface area contributed by atoms with E-state index in [2.05, 4.69) is 10.1 Å². The SMILES string of the molecule is CC(=O)N1CCC(C(=O)N2CC[C@H](NCc3cc(-c4ccc(C#N)cc4Cl)ccc3OC(F)(F)F)[C@H](c3ccccc3)C2)CC1.Cl. The van der Waals surface area contributed by atoms with Gasteiger partial charge < -0.3 is 19.9 Å². The van der Waals surface area contributed by atoms with Crippen LogP contribution in [-0.2, 0) is 16.1 Å². The summed E-state index contributed by atoms with van der Waals surface area (Å²) in [5.74, 6) is -0.439. The van der Waals surface area contributed by atoms with Gasteiger partial charge in [0.1, 0.15) is 5.75 Å². The highest BCUT2D eigenvalue weighted by Gasteiger charge is 2.37. The first-order valence-corrected chi connectivity index (χ1v) is 15.3. The molecule has 2 aliphatic heterocycles. The first-order chi connectivity index (χ1) is 21.5. The smallest absolute Gasteiger partial charge is 0.405 e. The molecular weight excluding hydrogens is 640 g/mol. The maximum Gasteiger partial charge on any atom is 0.573 e. The van der Waals surface area contributed by atoms with E-state index in [1.54, 1.807) is 30.0 Å². The Kier molecular flexibility index (Phi) is 11.6. The van der Waals surface area contributed by atoms with Crippen molar-refractivity contribution >= 4 is 35.8 Å². The van der Waals surface area contributed by atoms with E-state index in [9.17, 15) is 28.0 Å². The number of hydrogen-bond donors (Lipinski definition) is 1. The lowest BCUT2D eigenvalue weighted by molar-refractivity contribution is -0.274. The Labute approximate surface area is 277 Å². The van der Waals surface area contributed by atoms with Crippen molar-refractivity contribution in [2.45, 2.75) is 51.1 Å². The maximum atomic E-state index is 13.6. The second kappa shape index (κ2) is 15.2. The Morgan fingerprint density at radius 3 is 2.33 bits per heavy atom. The van der Waals surface area contributed by atoms with Crippen LogP contribution in [0.1, 0.15) is 48.8 Å². The molecule has 0 unspecified atom stereocenters. The topological polar surface area (TPSA) is 85.7 Å². The van der Waals surface area contributed by atoms with Gasteiger partial charge in [0.25, 0.3) is 0 Å². The highest BCUT2D eigenvalue weighted by molar-refractivity contribution is 6.33. The summed E-state index contributed by atoms with van der Waals surface area (Å²) in [4.78, 5) is 29.0. The van der Waals surface area contributed by atoms with Crippen molar-refractivity contribution < 1.29 is 27.5 Å². The molecule has 3 aromatic carbocycles. The molecule has 0 bridgehead atoms. The Hall–Kier alpha value is -3.78. The minimum absolute atomic E-state index is 0. The summed E-state index contributed by atoms with van der Waals surface area (Å²) in [6.07, 6.45) is -3.00. The van der Waals surface area contributed by atoms with Gasteiger partial charge >= 0.3 is 6.36 Å². The Morgan fingerprint density at radius 2 is 1.70 bits per heavy atom. The summed E-state index contributed by atoms with van der Waals surface area (Å²) in [7, 11) is 0. The predicted octanol–water partition coefficient (Wildman–Crippen LogP) is 6.93. The van der Waals surface area contributed by atoms with Gasteiger partial charge in [-0.25, -0.2) is 0 Å². The van der Waals surface area contributed by atoms with Gasteiger partial charge in [-0.1, -0.05) is 54.1 Å². The van der Waals surface area contributed by atoms with Crippen molar-refractivity contribution in [2.24, 2.45) is 5.92 Å². The number of amides is 2. The van der Waals surface area contributed by atoms with Crippen LogP contribution in [0.2, 0.25) is 5.02 Å². The van der Waals surface area contributed by atoms with Crippen LogP contribution in [0.15, 0.2) is 66.7 Å². The Balaban J connectivity index is 0.00000480. The Morgan fingerprint density at radius 1 is 1.00 bits per heavy atom. The number of carbonyl (C=O) groups is 2. The van der Waals surface area contributed by atoms with E-state index < -0.39 is 6.36 Å². The van der Waals surface area contributed by atoms with Crippen LogP contribution in [0.25, 0.3) is 11.1 Å². The zero-order valence-corrected chi connectivity index (χ0v) is 26.8. The van der Waals surface area contributed by atoms with Crippen molar-refractivity contribution in [1.82, 2.24) is 15.1 Å². The number of halogens is 5. The summed E-state index contributed by atoms with van der Waals surface area (Å²) in [6, 6.07) is 20.9. The molecule has 0 radical (unpaired) electrons. The highest BCUT2D eigenvalue weighted by Crippen LogP contribution is 2.35. The number of ether oxygens (including phenoxy) is 1. The molecule has 2 fully saturated rings. The van der Waals surface area contributed by atoms with Crippen molar-refractivity contribution in [3.8, 4) is 22.9 Å². The standard InChI is InChI=1S/C34H34ClF3N4O3.ClH/c1-22(43)41-14-11-25(12-15-41)33(44)42-16-13-31(29(21-42)24-5-3-2-4-6-24)40-20-27-18-26(8-10-32(27)45-34(36,37)38)28-9-7-23(19-39)17-30(28)35;/h2-10,17-18,25,29,31,40H,11-16,20-21H2,1H3;1H/t29-,31-;/m0./s1. The first kappa shape index (κ1) is 35.1. The number of likely N-dealkylation sites (tertiary alicyclic amines) is 2. The number of carbonyl (C=O) groups excluding carboxylic acids is 2. The Bertz CT molecular complexity index is 1570. The van der Waals surface area contributed by atoms with E-state index in [-0.39, 0.29) is 54.4 Å². The number of nitriles is 1. The summed E-state index contributed by atoms with van der Waals surface area (Å²) in [5, 5.41) is 13.0. The van der Waals surface area contributed by atoms with E-state index in [1.165, 1.54) is 18.2 Å². The number of piperidine rings is 2. The van der Waals surface area contributed by atoms with Gasteiger partial charge in [0.05, 0.1) is 11.6 Å². The summed E-state index contributed by atoms with van der Waals surface area (Å²) in [5.41, 5.74) is 2.88. The molecule has 3 aromatic rings. The molecule has 46 heavy (non-hydrogen) atoms. The molecule has 2 aliphatic rings. The molecule has 244 valence electrons. The molecule has 2 saturated heterocycles. The summed E-state index contributed by atoms with van der Waals surface area (Å²) < 4.78 is 44.4. The van der Waals surface area contributed by atoms with Crippen LogP contribution in [0.4, 0.5) is 13.2 Å². The monoisotopic (exact) mass is 674 g/mol. The minimum Gasteiger partial charge on any atom is -0.405 e. The predicted molar refractivity (Wildman–Crippen MR) is 172 cm³/mol. The number of alkyl halides is 3. The van der Waals surface area contributed by atoms with E-state index in [0.29, 0.717) is 72.7 Å². The third kappa shape index (κ3) is 8.52. The second-order valence-corrected chi connectivity index (χ2v) is 11.9. The van der Waals surface area contributed by atoms with Crippen LogP contribution >= 0.6 is 24.0 Å². The van der Waals surface area contributed by atoms with Gasteiger partial charge in [0, 0.05) is 73.7 Å². The fourth-order valence-electron chi connectivity index (χ4n) is 6.30. The molecule has 7 nitrogen and oxygen atoms in total. The molecule has 12 heteroatoms. The maximum absolute atomic E-state index is 13.6. The number of nitrogens with one attached hydrogen (secondary N) is 1. The first-order valence-electron chi connectivity index (χ1n) is 14.9. The van der Waals surface area contributed by atoms with Crippen LogP contribution in [0.3, 0.4) is 0 Å². The van der Waals surface area contributed by atoms with Crippen LogP contribution in [-0.4, -0.2) is 60.2 Å². The molecule has 2 heterocycles. The van der Waals surface area contributed by atoms with Crippen LogP contribution in [0.5, 0.6) is 5.75 Å². The third-order valence-electron chi connectivity index (χ3n) is 8.69. The van der Waals surface area contributed by atoms with Gasteiger partial charge in [-0.2, -0.15) is 5.26 Å². The molecule has 1 N–H and O–H groups in total. The zero-order chi connectivity index (χ0) is 32.1. The quantitative estimate of drug-likeness (QED) is 0.294. The van der Waals surface area contributed by atoms with E-state index in [4.69, 9.17) is 11.6 Å². The van der Waals surface area contributed by atoms with Crippen molar-refractivity contribution in [3.05, 3.63) is 88.4 Å². The van der Waals surface area contributed by atoms with Crippen LogP contribution in [0, 0.1) is 17.2 Å². The molecule has 2 atom stereocenters. The average molecular weight is 676 g/mol. The minimum atomic E-state index is -4.87. The third-order valence-corrected chi connectivity index (χ3v) is 9.00. The van der Waals surface area contributed by atoms with E-state index in [0.717, 1.165) is 5.56 Å². The van der Waals surface area contributed by atoms with Gasteiger partial charge in [-0.05, 0) is 54.7 Å². The number of benzene rings is 3. The molecule has 0 spiro atoms. The lowest BCUT2D eigenvalue weighted by Crippen LogP contribution is -2.52. The average Bonchev–Trinajstić information content (AvgIpc) is 3.03. The van der Waals surface area contributed by atoms with Gasteiger partial charge in [-0.15, -0.1) is 25.6 Å². The molecule has 5 rings (SSSR count). The van der Waals surface area contributed by atoms with Gasteiger partial charge in [-0.3, -0.25) is 9.59 Å². The molecule has 2 amide bonds. The zero-order valence-electron chi connectivity index (χ0n) is 25.2. The van der Waals surface area contributed by atoms with Crippen LogP contribution < -0.4 is 10.1 Å². The fourth-order valence-corrected chi connectivity index (χ4v) is 6.59. The molecule has 0 saturated carbocycles. The number of hydrogen-bond acceptors (Lipinski definition) is 5. The van der Waals surface area contributed by atoms with Gasteiger partial charge in [0.2, 0.25) is 11.8 Å². The van der Waals surface area contributed by atoms with Crippen molar-refractivity contribution in [1.29, 1.82) is 5.26 Å². The molecular formula is C34H35Cl2F3N4O3. The lowest BCUT2D eigenvalue weighted by Gasteiger charge is -2.42. The fraction of sp³-hybridized carbons (Fsp3) is 0.382. The summed E-state index contributed by atoms with van der Waals surface area (Å²) in [6.45, 7) is 3.75. The van der Waals surface area contributed by atoms with E-state index in [1.807, 2.05) is 41.3 Å². The number of nitrogens with zero attached hydrogens (tertiary/aromatic N) is 3. The largest absolute Gasteiger partial charge is 0.573 e. The normalized spacial score (nSPS) is 18.8. The second-order valence-electron chi connectivity index (χ2n) is 11.5. The number of rotatable bonds is 7. The van der Waals surface area contributed by atoms with Crippen molar-refractivity contribution in [2.75, 3.05) is 26.2 Å². The van der Waals surface area contributed by atoms with Gasteiger partial charge in [0.15, 0.2) is 0 Å². The summed E-state index contributed by atoms with van der Waals surface area (Å²) >= 11 is 6.42. The lowest BCUT2D eigenvalue weighted by atomic mass is 9.84. The van der Waals surface area contributed by atoms with E-state index >= 15 is 0 Å². The molecule has 0 aliphatic carbocycles. The molecule has 0 aromatic heterocycles.